The van der Waals surface area contributed by atoms with Crippen LogP contribution in [0.5, 0.6) is 0 Å². The van der Waals surface area contributed by atoms with Crippen LogP contribution < -0.4 is 0 Å². The molecule has 1 fully saturated rings. The standard InChI is InChI=1S/C16H17/c1-2-7-13(8-3-1)16-12-6-10-14-9-4-5-11-15(14)16/h4-5,9-13H,1-3,7-8H2. The molecular weight excluding hydrogens is 192 g/mol. The Kier molecular flexibility index (Phi) is 2.65. The minimum Gasteiger partial charge on any atom is -0.0616 e. The van der Waals surface area contributed by atoms with Gasteiger partial charge >= 0.3 is 0 Å². The largest absolute Gasteiger partial charge is 0.0616 e. The van der Waals surface area contributed by atoms with Gasteiger partial charge in [0.2, 0.25) is 0 Å². The van der Waals surface area contributed by atoms with Crippen molar-refractivity contribution in [1.82, 2.24) is 0 Å². The second-order valence-corrected chi connectivity index (χ2v) is 4.83. The van der Waals surface area contributed by atoms with Gasteiger partial charge in [-0.15, -0.1) is 0 Å². The molecule has 2 aromatic rings. The van der Waals surface area contributed by atoms with E-state index in [0.29, 0.717) is 0 Å². The van der Waals surface area contributed by atoms with Crippen molar-refractivity contribution in [3.8, 4) is 0 Å². The van der Waals surface area contributed by atoms with E-state index in [-0.39, 0.29) is 0 Å². The zero-order valence-electron chi connectivity index (χ0n) is 9.58. The highest BCUT2D eigenvalue weighted by molar-refractivity contribution is 5.85. The third-order valence-electron chi connectivity index (χ3n) is 3.79. The monoisotopic (exact) mass is 209 g/mol. The molecule has 1 saturated carbocycles. The van der Waals surface area contributed by atoms with Gasteiger partial charge in [0, 0.05) is 0 Å². The van der Waals surface area contributed by atoms with Crippen molar-refractivity contribution in [2.24, 2.45) is 0 Å². The smallest absolute Gasteiger partial charge is 0.0149 e. The first-order chi connectivity index (χ1) is 7.95. The van der Waals surface area contributed by atoms with Crippen LogP contribution in [0, 0.1) is 6.07 Å². The van der Waals surface area contributed by atoms with Crippen molar-refractivity contribution < 1.29 is 0 Å². The molecule has 3 rings (SSSR count). The van der Waals surface area contributed by atoms with E-state index in [1.165, 1.54) is 48.4 Å². The van der Waals surface area contributed by atoms with E-state index in [9.17, 15) is 0 Å². The number of hydrogen-bond acceptors (Lipinski definition) is 0. The zero-order valence-corrected chi connectivity index (χ0v) is 9.58. The Morgan fingerprint density at radius 1 is 0.938 bits per heavy atom. The molecule has 0 spiro atoms. The molecule has 1 aliphatic rings. The molecule has 1 radical (unpaired) electrons. The van der Waals surface area contributed by atoms with E-state index in [0.717, 1.165) is 5.92 Å². The summed E-state index contributed by atoms with van der Waals surface area (Å²) in [4.78, 5) is 0. The highest BCUT2D eigenvalue weighted by Crippen LogP contribution is 2.35. The highest BCUT2D eigenvalue weighted by Gasteiger charge is 2.16. The Morgan fingerprint density at radius 2 is 1.75 bits per heavy atom. The van der Waals surface area contributed by atoms with Crippen molar-refractivity contribution in [2.75, 3.05) is 0 Å². The second-order valence-electron chi connectivity index (χ2n) is 4.83. The number of rotatable bonds is 1. The number of hydrogen-bond donors (Lipinski definition) is 0. The molecule has 0 atom stereocenters. The second kappa shape index (κ2) is 4.29. The lowest BCUT2D eigenvalue weighted by Gasteiger charge is -2.23. The third-order valence-corrected chi connectivity index (χ3v) is 3.79. The van der Waals surface area contributed by atoms with Gasteiger partial charge in [0.25, 0.3) is 0 Å². The maximum absolute atomic E-state index is 3.30. The predicted molar refractivity (Wildman–Crippen MR) is 68.6 cm³/mol. The summed E-state index contributed by atoms with van der Waals surface area (Å²) in [6, 6.07) is 16.3. The Morgan fingerprint density at radius 3 is 2.62 bits per heavy atom. The van der Waals surface area contributed by atoms with Gasteiger partial charge in [0.05, 0.1) is 0 Å². The van der Waals surface area contributed by atoms with Crippen LogP contribution in [0.2, 0.25) is 0 Å². The van der Waals surface area contributed by atoms with Crippen LogP contribution in [0.1, 0.15) is 43.6 Å². The lowest BCUT2D eigenvalue weighted by Crippen LogP contribution is -2.04. The van der Waals surface area contributed by atoms with Crippen LogP contribution in [0.4, 0.5) is 0 Å². The minimum absolute atomic E-state index is 0.774. The number of fused-ring (bicyclic) bond motifs is 1. The van der Waals surface area contributed by atoms with E-state index in [4.69, 9.17) is 0 Å². The lowest BCUT2D eigenvalue weighted by molar-refractivity contribution is 0.445. The Bertz CT molecular complexity index is 473. The van der Waals surface area contributed by atoms with Crippen molar-refractivity contribution >= 4 is 10.8 Å². The van der Waals surface area contributed by atoms with Crippen molar-refractivity contribution in [3.63, 3.8) is 0 Å². The molecule has 0 heterocycles. The van der Waals surface area contributed by atoms with Gasteiger partial charge in [-0.2, -0.15) is 0 Å². The van der Waals surface area contributed by atoms with Crippen molar-refractivity contribution in [1.29, 1.82) is 0 Å². The molecule has 1 aliphatic carbocycles. The Balaban J connectivity index is 2.08. The summed E-state index contributed by atoms with van der Waals surface area (Å²) in [5, 5.41) is 2.78. The summed E-state index contributed by atoms with van der Waals surface area (Å²) in [7, 11) is 0. The molecule has 0 aliphatic heterocycles. The summed E-state index contributed by atoms with van der Waals surface area (Å²) in [6.45, 7) is 0. The number of benzene rings is 2. The molecule has 2 aromatic carbocycles. The van der Waals surface area contributed by atoms with E-state index in [2.05, 4.69) is 42.5 Å². The molecule has 0 bridgehead atoms. The fourth-order valence-electron chi connectivity index (χ4n) is 2.94. The first kappa shape index (κ1) is 9.89. The molecular formula is C16H17. The van der Waals surface area contributed by atoms with Crippen LogP contribution >= 0.6 is 0 Å². The topological polar surface area (TPSA) is 0 Å². The molecule has 16 heavy (non-hydrogen) atoms. The van der Waals surface area contributed by atoms with E-state index < -0.39 is 0 Å². The first-order valence-corrected chi connectivity index (χ1v) is 6.34. The van der Waals surface area contributed by atoms with Crippen LogP contribution in [0.15, 0.2) is 36.4 Å². The third kappa shape index (κ3) is 1.73. The average Bonchev–Trinajstić information content (AvgIpc) is 2.39. The maximum Gasteiger partial charge on any atom is -0.0149 e. The van der Waals surface area contributed by atoms with Gasteiger partial charge in [0.15, 0.2) is 0 Å². The van der Waals surface area contributed by atoms with Crippen molar-refractivity contribution in [2.45, 2.75) is 38.0 Å². The Hall–Kier alpha value is -1.30. The molecule has 0 unspecified atom stereocenters. The SMILES string of the molecule is [c]1cc(C2CCCCC2)c2ccccc2c1. The summed E-state index contributed by atoms with van der Waals surface area (Å²) in [5.74, 6) is 0.774. The van der Waals surface area contributed by atoms with E-state index in [1.807, 2.05) is 0 Å². The molecule has 0 heteroatoms. The predicted octanol–water partition coefficient (Wildman–Crippen LogP) is 4.69. The summed E-state index contributed by atoms with van der Waals surface area (Å²) < 4.78 is 0. The van der Waals surface area contributed by atoms with E-state index in [1.54, 1.807) is 0 Å². The van der Waals surface area contributed by atoms with Gasteiger partial charge in [-0.25, -0.2) is 0 Å². The molecule has 0 aromatic heterocycles. The molecule has 0 N–H and O–H groups in total. The van der Waals surface area contributed by atoms with Crippen LogP contribution in [0.25, 0.3) is 10.8 Å². The molecule has 0 nitrogen and oxygen atoms in total. The lowest BCUT2D eigenvalue weighted by atomic mass is 9.82. The minimum atomic E-state index is 0.774. The first-order valence-electron chi connectivity index (χ1n) is 6.34. The normalized spacial score (nSPS) is 17.8. The summed E-state index contributed by atoms with van der Waals surface area (Å²) >= 11 is 0. The average molecular weight is 209 g/mol. The van der Waals surface area contributed by atoms with Crippen LogP contribution in [0.3, 0.4) is 0 Å². The van der Waals surface area contributed by atoms with Crippen molar-refractivity contribution in [3.05, 3.63) is 48.0 Å². The van der Waals surface area contributed by atoms with Crippen LogP contribution in [-0.2, 0) is 0 Å². The fraction of sp³-hybridized carbons (Fsp3) is 0.375. The Labute approximate surface area is 97.3 Å². The molecule has 81 valence electrons. The quantitative estimate of drug-likeness (QED) is 0.639. The van der Waals surface area contributed by atoms with Gasteiger partial charge in [0.1, 0.15) is 0 Å². The fourth-order valence-corrected chi connectivity index (χ4v) is 2.94. The maximum atomic E-state index is 3.30. The van der Waals surface area contributed by atoms with Gasteiger partial charge in [-0.05, 0) is 47.2 Å². The summed E-state index contributed by atoms with van der Waals surface area (Å²) in [6.07, 6.45) is 6.94. The summed E-state index contributed by atoms with van der Waals surface area (Å²) in [5.41, 5.74) is 1.53. The van der Waals surface area contributed by atoms with Crippen LogP contribution in [-0.4, -0.2) is 0 Å². The van der Waals surface area contributed by atoms with Gasteiger partial charge in [-0.3, -0.25) is 0 Å². The highest BCUT2D eigenvalue weighted by atomic mass is 14.2. The van der Waals surface area contributed by atoms with Gasteiger partial charge in [-0.1, -0.05) is 49.6 Å². The zero-order chi connectivity index (χ0) is 10.8. The molecule has 0 saturated heterocycles. The molecule has 0 amide bonds. The van der Waals surface area contributed by atoms with E-state index >= 15 is 0 Å². The van der Waals surface area contributed by atoms with Gasteiger partial charge < -0.3 is 0 Å².